The smallest absolute Gasteiger partial charge is 0.338 e. The minimum absolute atomic E-state index is 0.123. The molecule has 1 N–H and O–H groups in total. The number of cyclic esters (lactones) is 1. The number of ether oxygens (including phenoxy) is 6. The van der Waals surface area contributed by atoms with E-state index in [2.05, 4.69) is 19.9 Å². The lowest BCUT2D eigenvalue weighted by Crippen LogP contribution is -2.66. The second-order valence-corrected chi connectivity index (χ2v) is 12.2. The number of epoxide rings is 2. The predicted molar refractivity (Wildman–Crippen MR) is 134 cm³/mol. The summed E-state index contributed by atoms with van der Waals surface area (Å²) >= 11 is 0. The molecule has 10 atom stereocenters. The zero-order valence-electron chi connectivity index (χ0n) is 22.5. The van der Waals surface area contributed by atoms with Crippen LogP contribution in [0.5, 0.6) is 0 Å². The number of aliphatic hydroxyl groups excluding tert-OH is 1. The molecule has 2 spiro atoms. The van der Waals surface area contributed by atoms with Gasteiger partial charge in [-0.15, -0.1) is 0 Å². The van der Waals surface area contributed by atoms with Crippen molar-refractivity contribution in [2.24, 2.45) is 10.8 Å². The van der Waals surface area contributed by atoms with Crippen molar-refractivity contribution >= 4 is 11.9 Å². The first-order chi connectivity index (χ1) is 18.0. The fourth-order valence-electron chi connectivity index (χ4n) is 7.37. The molecule has 0 aromatic heterocycles. The third-order valence-corrected chi connectivity index (χ3v) is 10.1. The Bertz CT molecular complexity index is 1090. The van der Waals surface area contributed by atoms with E-state index in [1.807, 2.05) is 6.92 Å². The van der Waals surface area contributed by atoms with Gasteiger partial charge >= 0.3 is 11.9 Å². The van der Waals surface area contributed by atoms with Crippen molar-refractivity contribution in [3.63, 3.8) is 0 Å². The molecule has 0 aromatic rings. The van der Waals surface area contributed by atoms with E-state index in [1.165, 1.54) is 11.6 Å². The van der Waals surface area contributed by atoms with E-state index < -0.39 is 58.4 Å². The van der Waals surface area contributed by atoms with Crippen molar-refractivity contribution in [1.29, 1.82) is 0 Å². The van der Waals surface area contributed by atoms with Gasteiger partial charge in [0, 0.05) is 24.3 Å². The Morgan fingerprint density at radius 3 is 2.63 bits per heavy atom. The number of fused-ring (bicyclic) bond motifs is 1. The van der Waals surface area contributed by atoms with Crippen molar-refractivity contribution in [2.75, 3.05) is 19.8 Å². The van der Waals surface area contributed by atoms with Gasteiger partial charge in [-0.05, 0) is 33.6 Å². The average Bonchev–Trinajstić information content (AvgIpc) is 3.77. The summed E-state index contributed by atoms with van der Waals surface area (Å²) in [7, 11) is 0. The van der Waals surface area contributed by atoms with Crippen LogP contribution >= 0.6 is 0 Å². The molecule has 9 nitrogen and oxygen atoms in total. The number of carbonyl (C=O) groups excluding carboxylic acids is 2. The first-order valence-electron chi connectivity index (χ1n) is 13.7. The van der Waals surface area contributed by atoms with E-state index in [-0.39, 0.29) is 25.4 Å². The highest BCUT2D eigenvalue weighted by Gasteiger charge is 2.83. The molecule has 1 saturated carbocycles. The molecule has 208 valence electrons. The minimum atomic E-state index is -0.754. The molecular weight excluding hydrogens is 492 g/mol. The SMILES string of the molecule is CC1=C[C@@H]2O[C@@H]3C[C@H]4OC(=O)/C=C\C=C\[C@H]([C@H](C)O)OCC[C@@]5(C)O[C@@H]5C(=O)OC[C@@]2(CC1)[C@]4(C)[C@]31CO1. The molecule has 0 unspecified atom stereocenters. The molecule has 38 heavy (non-hydrogen) atoms. The van der Waals surface area contributed by atoms with E-state index in [0.29, 0.717) is 19.4 Å². The van der Waals surface area contributed by atoms with Crippen LogP contribution in [-0.2, 0) is 38.0 Å². The number of rotatable bonds is 1. The number of hydrogen-bond donors (Lipinski definition) is 1. The Hall–Kier alpha value is -2.04. The average molecular weight is 531 g/mol. The summed E-state index contributed by atoms with van der Waals surface area (Å²) < 4.78 is 36.6. The molecule has 4 aliphatic heterocycles. The lowest BCUT2D eigenvalue weighted by atomic mass is 9.51. The molecule has 2 aliphatic carbocycles. The van der Waals surface area contributed by atoms with Crippen LogP contribution < -0.4 is 0 Å². The summed E-state index contributed by atoms with van der Waals surface area (Å²) in [6.07, 6.45) is 8.08. The Morgan fingerprint density at radius 1 is 1.11 bits per heavy atom. The number of aliphatic hydroxyl groups is 1. The Morgan fingerprint density at radius 2 is 1.89 bits per heavy atom. The standard InChI is InChI=1S/C29H38O9/c1-17-9-10-28-15-34-25(32)24-26(3,38-24)11-12-33-19(18(2)30)7-5-6-8-23(31)37-20-14-22(36-21(28)13-17)29(16-35-29)27(20,28)4/h5-8,13,18-22,24,30H,9-12,14-16H2,1-4H3/b7-5+,8-6-/t18-,19+,20+,21-,22+,24+,26+,27+,28+,29-/m0/s1. The summed E-state index contributed by atoms with van der Waals surface area (Å²) in [5.41, 5.74) is -1.25. The van der Waals surface area contributed by atoms with E-state index in [1.54, 1.807) is 25.2 Å². The van der Waals surface area contributed by atoms with E-state index in [9.17, 15) is 14.7 Å². The van der Waals surface area contributed by atoms with E-state index >= 15 is 0 Å². The van der Waals surface area contributed by atoms with E-state index in [0.717, 1.165) is 12.8 Å². The largest absolute Gasteiger partial charge is 0.463 e. The van der Waals surface area contributed by atoms with Crippen LogP contribution in [0.15, 0.2) is 36.0 Å². The lowest BCUT2D eigenvalue weighted by Gasteiger charge is -2.58. The molecule has 9 heteroatoms. The van der Waals surface area contributed by atoms with E-state index in [4.69, 9.17) is 28.4 Å². The third kappa shape index (κ3) is 3.84. The molecule has 6 rings (SSSR count). The summed E-state index contributed by atoms with van der Waals surface area (Å²) in [5, 5.41) is 10.1. The number of hydrogen-bond acceptors (Lipinski definition) is 9. The first kappa shape index (κ1) is 26.2. The Balaban J connectivity index is 1.35. The highest BCUT2D eigenvalue weighted by molar-refractivity contribution is 5.82. The summed E-state index contributed by atoms with van der Waals surface area (Å²) in [6.45, 7) is 8.66. The lowest BCUT2D eigenvalue weighted by molar-refractivity contribution is -0.233. The fraction of sp³-hybridized carbons (Fsp3) is 0.724. The molecule has 4 fully saturated rings. The van der Waals surface area contributed by atoms with Gasteiger partial charge in [-0.25, -0.2) is 9.59 Å². The molecule has 0 radical (unpaired) electrons. The van der Waals surface area contributed by atoms with Gasteiger partial charge in [0.05, 0.1) is 36.9 Å². The van der Waals surface area contributed by atoms with Gasteiger partial charge in [-0.2, -0.15) is 0 Å². The molecule has 3 saturated heterocycles. The normalized spacial score (nSPS) is 50.8. The highest BCUT2D eigenvalue weighted by Crippen LogP contribution is 2.72. The highest BCUT2D eigenvalue weighted by atomic mass is 16.7. The van der Waals surface area contributed by atoms with Gasteiger partial charge in [0.15, 0.2) is 6.10 Å². The van der Waals surface area contributed by atoms with Crippen LogP contribution in [0, 0.1) is 10.8 Å². The van der Waals surface area contributed by atoms with Crippen molar-refractivity contribution < 1.29 is 43.1 Å². The van der Waals surface area contributed by atoms with Crippen LogP contribution in [-0.4, -0.2) is 84.7 Å². The number of esters is 2. The topological polar surface area (TPSA) is 116 Å². The molecule has 4 heterocycles. The molecule has 0 aromatic carbocycles. The summed E-state index contributed by atoms with van der Waals surface area (Å²) in [6, 6.07) is 0. The Labute approximate surface area is 223 Å². The monoisotopic (exact) mass is 530 g/mol. The van der Waals surface area contributed by atoms with Crippen molar-refractivity contribution in [3.8, 4) is 0 Å². The molecule has 0 amide bonds. The number of carbonyl (C=O) groups is 2. The molecule has 6 aliphatic rings. The zero-order valence-corrected chi connectivity index (χ0v) is 22.5. The summed E-state index contributed by atoms with van der Waals surface area (Å²) in [4.78, 5) is 26.2. The van der Waals surface area contributed by atoms with Gasteiger partial charge in [-0.3, -0.25) is 0 Å². The van der Waals surface area contributed by atoms with Crippen LogP contribution in [0.2, 0.25) is 0 Å². The Kier molecular flexibility index (Phi) is 6.20. The van der Waals surface area contributed by atoms with Crippen LogP contribution in [0.3, 0.4) is 0 Å². The van der Waals surface area contributed by atoms with Gasteiger partial charge in [0.25, 0.3) is 0 Å². The maximum Gasteiger partial charge on any atom is 0.338 e. The third-order valence-electron chi connectivity index (χ3n) is 10.1. The second-order valence-electron chi connectivity index (χ2n) is 12.2. The van der Waals surface area contributed by atoms with Gasteiger partial charge in [0.2, 0.25) is 0 Å². The van der Waals surface area contributed by atoms with Gasteiger partial charge in [-0.1, -0.05) is 36.8 Å². The predicted octanol–water partition coefficient (Wildman–Crippen LogP) is 2.55. The fourth-order valence-corrected chi connectivity index (χ4v) is 7.37. The van der Waals surface area contributed by atoms with Crippen molar-refractivity contribution in [2.45, 2.75) is 101 Å². The van der Waals surface area contributed by atoms with Crippen molar-refractivity contribution in [3.05, 3.63) is 36.0 Å². The van der Waals surface area contributed by atoms with Crippen LogP contribution in [0.25, 0.3) is 0 Å². The maximum atomic E-state index is 13.2. The zero-order chi connectivity index (χ0) is 26.9. The van der Waals surface area contributed by atoms with Gasteiger partial charge in [0.1, 0.15) is 30.0 Å². The summed E-state index contributed by atoms with van der Waals surface area (Å²) in [5.74, 6) is -0.876. The quantitative estimate of drug-likeness (QED) is 0.310. The van der Waals surface area contributed by atoms with Crippen LogP contribution in [0.4, 0.5) is 0 Å². The van der Waals surface area contributed by atoms with Gasteiger partial charge < -0.3 is 33.5 Å². The molecular formula is C29H38O9. The number of allylic oxidation sites excluding steroid dienone is 3. The maximum absolute atomic E-state index is 13.2. The second kappa shape index (κ2) is 8.99. The first-order valence-corrected chi connectivity index (χ1v) is 13.7. The van der Waals surface area contributed by atoms with Crippen molar-refractivity contribution in [1.82, 2.24) is 0 Å². The van der Waals surface area contributed by atoms with Crippen LogP contribution in [0.1, 0.15) is 53.4 Å². The minimum Gasteiger partial charge on any atom is -0.463 e. The molecule has 2 bridgehead atoms.